The van der Waals surface area contributed by atoms with Gasteiger partial charge in [0.25, 0.3) is 0 Å². The van der Waals surface area contributed by atoms with Crippen molar-refractivity contribution in [2.75, 3.05) is 0 Å². The Kier molecular flexibility index (Phi) is 1.21. The largest absolute Gasteiger partial charge is 0.357 e. The molecule has 0 radical (unpaired) electrons. The molecule has 0 saturated carbocycles. The zero-order valence-corrected chi connectivity index (χ0v) is 6.63. The van der Waals surface area contributed by atoms with Crippen molar-refractivity contribution < 1.29 is 13.5 Å². The standard InChI is InChI=1S/C10H6F2O/c11-7-3-5-6(4-8(7)12)10-2-1-9(5)13-10/h1-4,9-10H/t9-,10+. The molecule has 0 aromatic heterocycles. The molecule has 1 aromatic carbocycles. The van der Waals surface area contributed by atoms with Gasteiger partial charge in [-0.15, -0.1) is 0 Å². The van der Waals surface area contributed by atoms with E-state index in [1.54, 1.807) is 0 Å². The molecule has 0 spiro atoms. The molecule has 13 heavy (non-hydrogen) atoms. The molecule has 0 aliphatic carbocycles. The monoisotopic (exact) mass is 180 g/mol. The first kappa shape index (κ1) is 7.21. The Morgan fingerprint density at radius 1 is 0.923 bits per heavy atom. The maximum absolute atomic E-state index is 12.8. The van der Waals surface area contributed by atoms with Crippen molar-refractivity contribution in [2.45, 2.75) is 12.2 Å². The van der Waals surface area contributed by atoms with Crippen LogP contribution in [0.5, 0.6) is 0 Å². The molecule has 2 atom stereocenters. The molecule has 1 aromatic rings. The van der Waals surface area contributed by atoms with Crippen LogP contribution in [-0.2, 0) is 4.74 Å². The summed E-state index contributed by atoms with van der Waals surface area (Å²) in [5.41, 5.74) is 1.51. The van der Waals surface area contributed by atoms with Gasteiger partial charge in [-0.1, -0.05) is 12.2 Å². The molecular weight excluding hydrogens is 174 g/mol. The molecule has 2 aliphatic rings. The van der Waals surface area contributed by atoms with Gasteiger partial charge in [0.05, 0.1) is 0 Å². The van der Waals surface area contributed by atoms with E-state index in [9.17, 15) is 8.78 Å². The number of halogens is 2. The van der Waals surface area contributed by atoms with Gasteiger partial charge in [-0.2, -0.15) is 0 Å². The molecule has 3 rings (SSSR count). The molecule has 2 aliphatic heterocycles. The highest BCUT2D eigenvalue weighted by Crippen LogP contribution is 2.46. The van der Waals surface area contributed by atoms with E-state index < -0.39 is 11.6 Å². The summed E-state index contributed by atoms with van der Waals surface area (Å²) in [6.07, 6.45) is 3.39. The minimum atomic E-state index is -0.802. The van der Waals surface area contributed by atoms with Gasteiger partial charge in [-0.3, -0.25) is 0 Å². The fraction of sp³-hybridized carbons (Fsp3) is 0.200. The number of rotatable bonds is 0. The van der Waals surface area contributed by atoms with Gasteiger partial charge in [0.15, 0.2) is 11.6 Å². The maximum atomic E-state index is 12.8. The van der Waals surface area contributed by atoms with Crippen molar-refractivity contribution in [3.8, 4) is 0 Å². The average molecular weight is 180 g/mol. The zero-order chi connectivity index (χ0) is 9.00. The predicted octanol–water partition coefficient (Wildman–Crippen LogP) is 2.65. The van der Waals surface area contributed by atoms with E-state index in [-0.39, 0.29) is 12.2 Å². The summed E-state index contributed by atoms with van der Waals surface area (Å²) >= 11 is 0. The number of hydrogen-bond acceptors (Lipinski definition) is 1. The third kappa shape index (κ3) is 0.823. The second kappa shape index (κ2) is 2.17. The highest BCUT2D eigenvalue weighted by atomic mass is 19.2. The SMILES string of the molecule is Fc1cc2c(cc1F)[C@H]1C=C[C@@H]2O1. The van der Waals surface area contributed by atoms with E-state index in [2.05, 4.69) is 0 Å². The van der Waals surface area contributed by atoms with Crippen molar-refractivity contribution >= 4 is 0 Å². The Morgan fingerprint density at radius 3 is 1.85 bits per heavy atom. The van der Waals surface area contributed by atoms with Gasteiger partial charge in [-0.25, -0.2) is 8.78 Å². The number of ether oxygens (including phenoxy) is 1. The Morgan fingerprint density at radius 2 is 1.38 bits per heavy atom. The Balaban J connectivity index is 2.25. The number of fused-ring (bicyclic) bond motifs is 5. The average Bonchev–Trinajstić information content (AvgIpc) is 2.67. The quantitative estimate of drug-likeness (QED) is 0.557. The second-order valence-electron chi connectivity index (χ2n) is 3.26. The van der Waals surface area contributed by atoms with E-state index >= 15 is 0 Å². The van der Waals surface area contributed by atoms with Crippen molar-refractivity contribution in [3.63, 3.8) is 0 Å². The van der Waals surface area contributed by atoms with Gasteiger partial charge in [-0.05, 0) is 23.3 Å². The van der Waals surface area contributed by atoms with Crippen LogP contribution in [0.1, 0.15) is 23.3 Å². The highest BCUT2D eigenvalue weighted by molar-refractivity contribution is 5.43. The Labute approximate surface area is 73.6 Å². The van der Waals surface area contributed by atoms with Crippen LogP contribution >= 0.6 is 0 Å². The van der Waals surface area contributed by atoms with E-state index in [0.717, 1.165) is 11.1 Å². The molecule has 0 saturated heterocycles. The highest BCUT2D eigenvalue weighted by Gasteiger charge is 2.34. The van der Waals surface area contributed by atoms with Crippen LogP contribution in [0.15, 0.2) is 24.3 Å². The molecule has 1 nitrogen and oxygen atoms in total. The molecule has 0 fully saturated rings. The van der Waals surface area contributed by atoms with Crippen LogP contribution in [-0.4, -0.2) is 0 Å². The summed E-state index contributed by atoms with van der Waals surface area (Å²) in [7, 11) is 0. The fourth-order valence-electron chi connectivity index (χ4n) is 1.87. The predicted molar refractivity (Wildman–Crippen MR) is 42.1 cm³/mol. The minimum absolute atomic E-state index is 0.171. The van der Waals surface area contributed by atoms with E-state index in [4.69, 9.17) is 4.74 Å². The first-order chi connectivity index (χ1) is 6.25. The summed E-state index contributed by atoms with van der Waals surface area (Å²) in [6, 6.07) is 2.44. The zero-order valence-electron chi connectivity index (χ0n) is 6.63. The molecule has 0 unspecified atom stereocenters. The number of hydrogen-bond donors (Lipinski definition) is 0. The van der Waals surface area contributed by atoms with Crippen LogP contribution in [0.25, 0.3) is 0 Å². The van der Waals surface area contributed by atoms with Crippen molar-refractivity contribution in [1.29, 1.82) is 0 Å². The summed E-state index contributed by atoms with van der Waals surface area (Å²) in [4.78, 5) is 0. The van der Waals surface area contributed by atoms with Gasteiger partial charge < -0.3 is 4.74 Å². The molecular formula is C10H6F2O. The Hall–Kier alpha value is -1.22. The molecule has 3 heteroatoms. The van der Waals surface area contributed by atoms with E-state index in [1.165, 1.54) is 12.1 Å². The normalized spacial score (nSPS) is 28.2. The summed E-state index contributed by atoms with van der Waals surface area (Å²) in [5.74, 6) is -1.60. The summed E-state index contributed by atoms with van der Waals surface area (Å²) in [6.45, 7) is 0. The van der Waals surface area contributed by atoms with Crippen LogP contribution in [0.3, 0.4) is 0 Å². The van der Waals surface area contributed by atoms with E-state index in [1.807, 2.05) is 12.2 Å². The van der Waals surface area contributed by atoms with Crippen molar-refractivity contribution in [2.24, 2.45) is 0 Å². The number of benzene rings is 1. The first-order valence-electron chi connectivity index (χ1n) is 4.08. The van der Waals surface area contributed by atoms with Gasteiger partial charge in [0.2, 0.25) is 0 Å². The molecule has 2 bridgehead atoms. The third-order valence-corrected chi connectivity index (χ3v) is 2.49. The lowest BCUT2D eigenvalue weighted by Crippen LogP contribution is -1.96. The van der Waals surface area contributed by atoms with Crippen LogP contribution < -0.4 is 0 Å². The maximum Gasteiger partial charge on any atom is 0.159 e. The fourth-order valence-corrected chi connectivity index (χ4v) is 1.87. The van der Waals surface area contributed by atoms with Crippen LogP contribution in [0, 0.1) is 11.6 Å². The molecule has 0 amide bonds. The van der Waals surface area contributed by atoms with Crippen LogP contribution in [0.4, 0.5) is 8.78 Å². The molecule has 66 valence electrons. The lowest BCUT2D eigenvalue weighted by molar-refractivity contribution is 0.0878. The summed E-state index contributed by atoms with van der Waals surface area (Å²) in [5, 5.41) is 0. The third-order valence-electron chi connectivity index (χ3n) is 2.49. The topological polar surface area (TPSA) is 9.23 Å². The minimum Gasteiger partial charge on any atom is -0.357 e. The van der Waals surface area contributed by atoms with E-state index in [0.29, 0.717) is 0 Å². The molecule has 2 heterocycles. The van der Waals surface area contributed by atoms with Crippen LogP contribution in [0.2, 0.25) is 0 Å². The lowest BCUT2D eigenvalue weighted by atomic mass is 9.97. The van der Waals surface area contributed by atoms with Crippen molar-refractivity contribution in [1.82, 2.24) is 0 Å². The Bertz CT molecular complexity index is 375. The van der Waals surface area contributed by atoms with Gasteiger partial charge >= 0.3 is 0 Å². The second-order valence-corrected chi connectivity index (χ2v) is 3.26. The first-order valence-corrected chi connectivity index (χ1v) is 4.08. The summed E-state index contributed by atoms with van der Waals surface area (Å²) < 4.78 is 31.1. The van der Waals surface area contributed by atoms with Crippen molar-refractivity contribution in [3.05, 3.63) is 47.0 Å². The lowest BCUT2D eigenvalue weighted by Gasteiger charge is -2.06. The van der Waals surface area contributed by atoms with Gasteiger partial charge in [0.1, 0.15) is 12.2 Å². The molecule has 0 N–H and O–H groups in total. The van der Waals surface area contributed by atoms with Gasteiger partial charge in [0, 0.05) is 0 Å². The smallest absolute Gasteiger partial charge is 0.159 e.